The monoisotopic (exact) mass is 220 g/mol. The maximum Gasteiger partial charge on any atom is 0.350 e. The third-order valence-corrected chi connectivity index (χ3v) is 2.46. The molecule has 72 valence electrons. The first-order valence-corrected chi connectivity index (χ1v) is 5.02. The van der Waals surface area contributed by atoms with E-state index in [0.717, 1.165) is 11.3 Å². The van der Waals surface area contributed by atoms with Crippen LogP contribution in [0.5, 0.6) is 0 Å². The summed E-state index contributed by atoms with van der Waals surface area (Å²) in [5, 5.41) is 0.332. The second-order valence-electron chi connectivity index (χ2n) is 2.18. The summed E-state index contributed by atoms with van der Waals surface area (Å²) in [5.74, 6) is -0.241. The zero-order valence-electron chi connectivity index (χ0n) is 7.04. The lowest BCUT2D eigenvalue weighted by atomic mass is 10.4. The molecule has 0 spiro atoms. The molecule has 0 aliphatic heterocycles. The van der Waals surface area contributed by atoms with E-state index >= 15 is 0 Å². The summed E-state index contributed by atoms with van der Waals surface area (Å²) < 4.78 is 4.80. The predicted molar refractivity (Wildman–Crippen MR) is 52.0 cm³/mol. The van der Waals surface area contributed by atoms with Crippen molar-refractivity contribution in [3.05, 3.63) is 10.6 Å². The second-order valence-corrected chi connectivity index (χ2v) is 3.48. The lowest BCUT2D eigenvalue weighted by molar-refractivity contribution is 0.0531. The first-order valence-electron chi connectivity index (χ1n) is 3.67. The number of hydrogen-bond acceptors (Lipinski definition) is 5. The van der Waals surface area contributed by atoms with Gasteiger partial charge in [-0.25, -0.2) is 9.78 Å². The van der Waals surface area contributed by atoms with Gasteiger partial charge in [0.15, 0.2) is 5.13 Å². The highest BCUT2D eigenvalue weighted by atomic mass is 35.5. The van der Waals surface area contributed by atoms with E-state index in [1.54, 1.807) is 6.92 Å². The minimum absolute atomic E-state index is 0.168. The number of nitrogens with two attached hydrogens (primary N) is 1. The van der Waals surface area contributed by atoms with Gasteiger partial charge in [0.1, 0.15) is 4.88 Å². The van der Waals surface area contributed by atoms with Crippen LogP contribution >= 0.6 is 22.9 Å². The fraction of sp³-hybridized carbons (Fsp3) is 0.429. The lowest BCUT2D eigenvalue weighted by Crippen LogP contribution is -2.04. The zero-order valence-corrected chi connectivity index (χ0v) is 8.61. The second kappa shape index (κ2) is 4.43. The van der Waals surface area contributed by atoms with Crippen molar-refractivity contribution in [1.29, 1.82) is 0 Å². The number of esters is 1. The lowest BCUT2D eigenvalue weighted by Gasteiger charge is -1.98. The molecule has 1 aromatic rings. The van der Waals surface area contributed by atoms with Crippen molar-refractivity contribution in [2.75, 3.05) is 12.3 Å². The van der Waals surface area contributed by atoms with Gasteiger partial charge in [-0.1, -0.05) is 11.3 Å². The van der Waals surface area contributed by atoms with Crippen molar-refractivity contribution >= 4 is 34.0 Å². The highest BCUT2D eigenvalue weighted by molar-refractivity contribution is 7.17. The average molecular weight is 221 g/mol. The minimum atomic E-state index is -0.410. The fourth-order valence-corrected chi connectivity index (χ4v) is 1.83. The third-order valence-electron chi connectivity index (χ3n) is 1.30. The highest BCUT2D eigenvalue weighted by Crippen LogP contribution is 2.22. The van der Waals surface area contributed by atoms with Gasteiger partial charge < -0.3 is 10.5 Å². The van der Waals surface area contributed by atoms with Gasteiger partial charge in [0, 0.05) is 0 Å². The Kier molecular flexibility index (Phi) is 3.50. The molecule has 0 unspecified atom stereocenters. The number of thiazole rings is 1. The quantitative estimate of drug-likeness (QED) is 0.621. The summed E-state index contributed by atoms with van der Waals surface area (Å²) in [6.07, 6.45) is 0. The molecule has 0 aromatic carbocycles. The molecule has 0 aliphatic rings. The van der Waals surface area contributed by atoms with Crippen LogP contribution in [0.3, 0.4) is 0 Å². The number of alkyl halides is 1. The number of nitrogens with zero attached hydrogens (tertiary/aromatic N) is 1. The van der Waals surface area contributed by atoms with E-state index in [9.17, 15) is 4.79 Å². The standard InChI is InChI=1S/C7H9ClN2O2S/c1-2-12-6(11)5-4(3-8)10-7(9)13-5/h2-3H2,1H3,(H2,9,10). The molecule has 0 saturated carbocycles. The summed E-state index contributed by atoms with van der Waals surface area (Å²) in [6.45, 7) is 2.07. The Bertz CT molecular complexity index is 313. The van der Waals surface area contributed by atoms with Crippen molar-refractivity contribution in [3.8, 4) is 0 Å². The maximum absolute atomic E-state index is 11.3. The van der Waals surface area contributed by atoms with Crippen LogP contribution in [0.25, 0.3) is 0 Å². The molecule has 0 bridgehead atoms. The van der Waals surface area contributed by atoms with Gasteiger partial charge in [-0.05, 0) is 6.92 Å². The number of carbonyl (C=O) groups excluding carboxylic acids is 1. The van der Waals surface area contributed by atoms with E-state index in [1.807, 2.05) is 0 Å². The maximum atomic E-state index is 11.3. The van der Waals surface area contributed by atoms with Crippen molar-refractivity contribution in [2.45, 2.75) is 12.8 Å². The smallest absolute Gasteiger partial charge is 0.350 e. The molecule has 0 atom stereocenters. The Morgan fingerprint density at radius 1 is 1.77 bits per heavy atom. The van der Waals surface area contributed by atoms with Crippen LogP contribution in [0.4, 0.5) is 5.13 Å². The number of aromatic nitrogens is 1. The van der Waals surface area contributed by atoms with Gasteiger partial charge in [0.2, 0.25) is 0 Å². The predicted octanol–water partition coefficient (Wildman–Crippen LogP) is 1.64. The number of halogens is 1. The van der Waals surface area contributed by atoms with E-state index in [-0.39, 0.29) is 5.88 Å². The Morgan fingerprint density at radius 2 is 2.46 bits per heavy atom. The van der Waals surface area contributed by atoms with E-state index in [1.165, 1.54) is 0 Å². The normalized spacial score (nSPS) is 10.0. The summed E-state index contributed by atoms with van der Waals surface area (Å²) in [5.41, 5.74) is 5.92. The SMILES string of the molecule is CCOC(=O)c1sc(N)nc1CCl. The van der Waals surface area contributed by atoms with Crippen LogP contribution in [0.1, 0.15) is 22.3 Å². The molecular weight excluding hydrogens is 212 g/mol. The number of hydrogen-bond donors (Lipinski definition) is 1. The Labute approximate surface area is 84.7 Å². The zero-order chi connectivity index (χ0) is 9.84. The number of anilines is 1. The Hall–Kier alpha value is -0.810. The molecule has 0 fully saturated rings. The molecule has 2 N–H and O–H groups in total. The molecular formula is C7H9ClN2O2S. The molecule has 1 rings (SSSR count). The fourth-order valence-electron chi connectivity index (χ4n) is 0.817. The number of ether oxygens (including phenoxy) is 1. The number of nitrogen functional groups attached to an aromatic ring is 1. The summed E-state index contributed by atoms with van der Waals surface area (Å²) in [7, 11) is 0. The van der Waals surface area contributed by atoms with Crippen LogP contribution < -0.4 is 5.73 Å². The molecule has 1 heterocycles. The van der Waals surface area contributed by atoms with Crippen LogP contribution in [0.15, 0.2) is 0 Å². The van der Waals surface area contributed by atoms with Crippen LogP contribution in [0.2, 0.25) is 0 Å². The topological polar surface area (TPSA) is 65.2 Å². The van der Waals surface area contributed by atoms with Gasteiger partial charge in [-0.2, -0.15) is 0 Å². The van der Waals surface area contributed by atoms with Gasteiger partial charge >= 0.3 is 5.97 Å². The summed E-state index contributed by atoms with van der Waals surface area (Å²) >= 11 is 6.67. The molecule has 0 amide bonds. The van der Waals surface area contributed by atoms with Crippen molar-refractivity contribution in [1.82, 2.24) is 4.98 Å². The number of carbonyl (C=O) groups is 1. The van der Waals surface area contributed by atoms with E-state index in [2.05, 4.69) is 4.98 Å². The van der Waals surface area contributed by atoms with Crippen LogP contribution in [0, 0.1) is 0 Å². The molecule has 1 aromatic heterocycles. The minimum Gasteiger partial charge on any atom is -0.462 e. The van der Waals surface area contributed by atoms with Gasteiger partial charge in [0.25, 0.3) is 0 Å². The van der Waals surface area contributed by atoms with Gasteiger partial charge in [0.05, 0.1) is 18.2 Å². The van der Waals surface area contributed by atoms with Gasteiger partial charge in [-0.3, -0.25) is 0 Å². The molecule has 0 radical (unpaired) electrons. The Morgan fingerprint density at radius 3 is 3.00 bits per heavy atom. The third kappa shape index (κ3) is 2.32. The average Bonchev–Trinajstić information content (AvgIpc) is 2.47. The largest absolute Gasteiger partial charge is 0.462 e. The first-order chi connectivity index (χ1) is 6.19. The van der Waals surface area contributed by atoms with Crippen molar-refractivity contribution < 1.29 is 9.53 Å². The van der Waals surface area contributed by atoms with Crippen LogP contribution in [-0.4, -0.2) is 17.6 Å². The molecule has 4 nitrogen and oxygen atoms in total. The Balaban J connectivity index is 2.91. The van der Waals surface area contributed by atoms with E-state index in [4.69, 9.17) is 22.1 Å². The number of rotatable bonds is 3. The molecule has 13 heavy (non-hydrogen) atoms. The molecule has 6 heteroatoms. The molecule has 0 saturated heterocycles. The first kappa shape index (κ1) is 10.3. The van der Waals surface area contributed by atoms with E-state index in [0.29, 0.717) is 22.3 Å². The summed E-state index contributed by atoms with van der Waals surface area (Å²) in [4.78, 5) is 15.6. The van der Waals surface area contributed by atoms with Crippen molar-refractivity contribution in [2.24, 2.45) is 0 Å². The highest BCUT2D eigenvalue weighted by Gasteiger charge is 2.16. The van der Waals surface area contributed by atoms with Crippen molar-refractivity contribution in [3.63, 3.8) is 0 Å². The summed E-state index contributed by atoms with van der Waals surface area (Å²) in [6, 6.07) is 0. The van der Waals surface area contributed by atoms with Gasteiger partial charge in [-0.15, -0.1) is 11.6 Å². The van der Waals surface area contributed by atoms with E-state index < -0.39 is 5.97 Å². The van der Waals surface area contributed by atoms with Crippen LogP contribution in [-0.2, 0) is 10.6 Å². The molecule has 0 aliphatic carbocycles.